The summed E-state index contributed by atoms with van der Waals surface area (Å²) < 4.78 is 0. The Hall–Kier alpha value is -0.570. The predicted octanol–water partition coefficient (Wildman–Crippen LogP) is 0.392. The molecule has 1 unspecified atom stereocenters. The van der Waals surface area contributed by atoms with Gasteiger partial charge in [-0.2, -0.15) is 0 Å². The molecule has 0 aromatic heterocycles. The van der Waals surface area contributed by atoms with Crippen molar-refractivity contribution in [3.63, 3.8) is 0 Å². The Labute approximate surface area is 67.3 Å². The molecule has 0 aromatic carbocycles. The summed E-state index contributed by atoms with van der Waals surface area (Å²) >= 11 is 0. The lowest BCUT2D eigenvalue weighted by Crippen LogP contribution is -2.41. The molecule has 3 heteroatoms. The Balaban J connectivity index is 2.09. The van der Waals surface area contributed by atoms with Gasteiger partial charge in [0.15, 0.2) is 0 Å². The van der Waals surface area contributed by atoms with E-state index in [4.69, 9.17) is 5.73 Å². The van der Waals surface area contributed by atoms with Crippen molar-refractivity contribution in [3.8, 4) is 0 Å². The Bertz CT molecular complexity index is 141. The van der Waals surface area contributed by atoms with Crippen molar-refractivity contribution in [2.24, 2.45) is 5.73 Å². The summed E-state index contributed by atoms with van der Waals surface area (Å²) in [7, 11) is 0. The fraction of sp³-hybridized carbons (Fsp3) is 0.875. The molecule has 3 nitrogen and oxygen atoms in total. The molecule has 0 bridgehead atoms. The standard InChI is InChI=1S/C8H16N2O/c1-6(9)5-8(11)10-7-3-2-4-7/h6-7H,2-5,9H2,1H3,(H,10,11). The molecule has 1 rings (SSSR count). The van der Waals surface area contributed by atoms with Gasteiger partial charge in [0.2, 0.25) is 5.91 Å². The zero-order chi connectivity index (χ0) is 8.27. The van der Waals surface area contributed by atoms with Gasteiger partial charge in [0.25, 0.3) is 0 Å². The first kappa shape index (κ1) is 8.53. The molecule has 1 aliphatic rings. The van der Waals surface area contributed by atoms with Crippen molar-refractivity contribution >= 4 is 5.91 Å². The van der Waals surface area contributed by atoms with Crippen LogP contribution in [-0.4, -0.2) is 18.0 Å². The third kappa shape index (κ3) is 2.89. The maximum atomic E-state index is 11.1. The highest BCUT2D eigenvalue weighted by atomic mass is 16.1. The van der Waals surface area contributed by atoms with E-state index in [1.807, 2.05) is 6.92 Å². The van der Waals surface area contributed by atoms with Crippen LogP contribution in [0.15, 0.2) is 0 Å². The van der Waals surface area contributed by atoms with Crippen LogP contribution >= 0.6 is 0 Å². The average molecular weight is 156 g/mol. The minimum atomic E-state index is -0.0184. The Morgan fingerprint density at radius 1 is 1.73 bits per heavy atom. The molecule has 3 N–H and O–H groups in total. The number of carbonyl (C=O) groups excluding carboxylic acids is 1. The monoisotopic (exact) mass is 156 g/mol. The van der Waals surface area contributed by atoms with Crippen molar-refractivity contribution in [3.05, 3.63) is 0 Å². The summed E-state index contributed by atoms with van der Waals surface area (Å²) in [5.41, 5.74) is 5.47. The van der Waals surface area contributed by atoms with Gasteiger partial charge in [-0.25, -0.2) is 0 Å². The topological polar surface area (TPSA) is 55.1 Å². The highest BCUT2D eigenvalue weighted by Gasteiger charge is 2.19. The van der Waals surface area contributed by atoms with Crippen LogP contribution in [0.3, 0.4) is 0 Å². The molecule has 1 fully saturated rings. The third-order valence-corrected chi connectivity index (χ3v) is 1.98. The summed E-state index contributed by atoms with van der Waals surface area (Å²) in [6.45, 7) is 1.85. The number of hydrogen-bond donors (Lipinski definition) is 2. The molecule has 1 saturated carbocycles. The van der Waals surface area contributed by atoms with Crippen LogP contribution in [-0.2, 0) is 4.79 Å². The van der Waals surface area contributed by atoms with Crippen molar-refractivity contribution < 1.29 is 4.79 Å². The van der Waals surface area contributed by atoms with Gasteiger partial charge >= 0.3 is 0 Å². The van der Waals surface area contributed by atoms with E-state index in [9.17, 15) is 4.79 Å². The highest BCUT2D eigenvalue weighted by Crippen LogP contribution is 2.17. The van der Waals surface area contributed by atoms with Gasteiger partial charge in [-0.05, 0) is 26.2 Å². The van der Waals surface area contributed by atoms with Gasteiger partial charge in [0, 0.05) is 18.5 Å². The lowest BCUT2D eigenvalue weighted by atomic mass is 9.93. The normalized spacial score (nSPS) is 20.5. The second-order valence-electron chi connectivity index (χ2n) is 3.38. The van der Waals surface area contributed by atoms with Gasteiger partial charge in [-0.3, -0.25) is 4.79 Å². The first-order valence-electron chi connectivity index (χ1n) is 4.23. The fourth-order valence-electron chi connectivity index (χ4n) is 1.13. The Morgan fingerprint density at radius 2 is 2.36 bits per heavy atom. The van der Waals surface area contributed by atoms with Crippen molar-refractivity contribution in [2.45, 2.75) is 44.7 Å². The van der Waals surface area contributed by atoms with Crippen LogP contribution in [0.2, 0.25) is 0 Å². The summed E-state index contributed by atoms with van der Waals surface area (Å²) in [4.78, 5) is 11.1. The van der Waals surface area contributed by atoms with E-state index in [1.165, 1.54) is 6.42 Å². The van der Waals surface area contributed by atoms with Crippen LogP contribution in [0.1, 0.15) is 32.6 Å². The Kier molecular flexibility index (Phi) is 2.88. The molecule has 64 valence electrons. The lowest BCUT2D eigenvalue weighted by molar-refractivity contribution is -0.122. The van der Waals surface area contributed by atoms with Crippen molar-refractivity contribution in [1.29, 1.82) is 0 Å². The molecule has 1 amide bonds. The maximum absolute atomic E-state index is 11.1. The molecule has 1 aliphatic carbocycles. The van der Waals surface area contributed by atoms with E-state index in [0.29, 0.717) is 12.5 Å². The smallest absolute Gasteiger partial charge is 0.221 e. The first-order chi connectivity index (χ1) is 5.18. The van der Waals surface area contributed by atoms with Crippen molar-refractivity contribution in [1.82, 2.24) is 5.32 Å². The molecule has 0 saturated heterocycles. The van der Waals surface area contributed by atoms with E-state index in [2.05, 4.69) is 5.32 Å². The second-order valence-corrected chi connectivity index (χ2v) is 3.38. The number of amides is 1. The summed E-state index contributed by atoms with van der Waals surface area (Å²) in [5.74, 6) is 0.102. The molecule has 0 aliphatic heterocycles. The van der Waals surface area contributed by atoms with Gasteiger partial charge in [0.05, 0.1) is 0 Å². The van der Waals surface area contributed by atoms with Gasteiger partial charge in [-0.15, -0.1) is 0 Å². The second kappa shape index (κ2) is 3.72. The fourth-order valence-corrected chi connectivity index (χ4v) is 1.13. The largest absolute Gasteiger partial charge is 0.353 e. The molecule has 0 radical (unpaired) electrons. The van der Waals surface area contributed by atoms with E-state index < -0.39 is 0 Å². The third-order valence-electron chi connectivity index (χ3n) is 1.98. The molecule has 0 aromatic rings. The molecule has 0 spiro atoms. The zero-order valence-corrected chi connectivity index (χ0v) is 6.97. The number of carbonyl (C=O) groups is 1. The first-order valence-corrected chi connectivity index (χ1v) is 4.23. The Morgan fingerprint density at radius 3 is 2.73 bits per heavy atom. The van der Waals surface area contributed by atoms with E-state index in [0.717, 1.165) is 12.8 Å². The van der Waals surface area contributed by atoms with Crippen LogP contribution in [0.25, 0.3) is 0 Å². The zero-order valence-electron chi connectivity index (χ0n) is 6.97. The van der Waals surface area contributed by atoms with Gasteiger partial charge in [-0.1, -0.05) is 0 Å². The molecular weight excluding hydrogens is 140 g/mol. The van der Waals surface area contributed by atoms with Crippen LogP contribution in [0.4, 0.5) is 0 Å². The minimum absolute atomic E-state index is 0.0184. The van der Waals surface area contributed by atoms with Crippen LogP contribution < -0.4 is 11.1 Å². The van der Waals surface area contributed by atoms with Crippen molar-refractivity contribution in [2.75, 3.05) is 0 Å². The van der Waals surface area contributed by atoms with Crippen LogP contribution in [0, 0.1) is 0 Å². The molecule has 0 heterocycles. The minimum Gasteiger partial charge on any atom is -0.353 e. The number of nitrogens with one attached hydrogen (secondary N) is 1. The van der Waals surface area contributed by atoms with E-state index in [-0.39, 0.29) is 11.9 Å². The number of rotatable bonds is 3. The summed E-state index contributed by atoms with van der Waals surface area (Å²) in [6.07, 6.45) is 4.00. The summed E-state index contributed by atoms with van der Waals surface area (Å²) in [5, 5.41) is 2.93. The highest BCUT2D eigenvalue weighted by molar-refractivity contribution is 5.76. The van der Waals surface area contributed by atoms with Gasteiger partial charge < -0.3 is 11.1 Å². The molecular formula is C8H16N2O. The van der Waals surface area contributed by atoms with E-state index >= 15 is 0 Å². The lowest BCUT2D eigenvalue weighted by Gasteiger charge is -2.26. The van der Waals surface area contributed by atoms with Crippen LogP contribution in [0.5, 0.6) is 0 Å². The van der Waals surface area contributed by atoms with Gasteiger partial charge in [0.1, 0.15) is 0 Å². The quantitative estimate of drug-likeness (QED) is 0.621. The molecule has 1 atom stereocenters. The predicted molar refractivity (Wildman–Crippen MR) is 44.0 cm³/mol. The average Bonchev–Trinajstić information content (AvgIpc) is 1.77. The number of hydrogen-bond acceptors (Lipinski definition) is 2. The number of nitrogens with two attached hydrogens (primary N) is 1. The SMILES string of the molecule is CC(N)CC(=O)NC1CCC1. The summed E-state index contributed by atoms with van der Waals surface area (Å²) in [6, 6.07) is 0.427. The maximum Gasteiger partial charge on any atom is 0.221 e. The van der Waals surface area contributed by atoms with E-state index in [1.54, 1.807) is 0 Å². The molecule has 11 heavy (non-hydrogen) atoms.